The molecular weight excluding hydrogens is 468 g/mol. The number of fused-ring (bicyclic) bond motifs is 1. The van der Waals surface area contributed by atoms with Gasteiger partial charge in [0.15, 0.2) is 0 Å². The third-order valence-electron chi connectivity index (χ3n) is 5.49. The maximum absolute atomic E-state index is 12.9. The van der Waals surface area contributed by atoms with Gasteiger partial charge in [0.2, 0.25) is 10.0 Å². The van der Waals surface area contributed by atoms with E-state index in [-0.39, 0.29) is 22.5 Å². The standard InChI is InChI=1S/C21H23BrN4O3S/c1-14(20-24-19-6-4-3-5-18(19)21(27)25(20)2)23-16-11-12-26(13-16)30(28,29)17-9-7-15(22)8-10-17/h3-10,14,16,23H,11-13H2,1-2H3. The van der Waals surface area contributed by atoms with Crippen LogP contribution in [-0.4, -0.2) is 41.4 Å². The molecule has 0 spiro atoms. The second-order valence-corrected chi connectivity index (χ2v) is 10.4. The van der Waals surface area contributed by atoms with Crippen molar-refractivity contribution in [3.63, 3.8) is 0 Å². The van der Waals surface area contributed by atoms with Crippen LogP contribution >= 0.6 is 15.9 Å². The molecule has 1 aliphatic heterocycles. The average molecular weight is 491 g/mol. The summed E-state index contributed by atoms with van der Waals surface area (Å²) in [5.41, 5.74) is 0.574. The molecule has 1 N–H and O–H groups in total. The quantitative estimate of drug-likeness (QED) is 0.594. The lowest BCUT2D eigenvalue weighted by Gasteiger charge is -2.22. The Labute approximate surface area is 183 Å². The number of hydrogen-bond acceptors (Lipinski definition) is 5. The van der Waals surface area contributed by atoms with Crippen LogP contribution in [0.5, 0.6) is 0 Å². The second kappa shape index (κ2) is 8.22. The summed E-state index contributed by atoms with van der Waals surface area (Å²) < 4.78 is 29.7. The van der Waals surface area contributed by atoms with E-state index in [2.05, 4.69) is 26.2 Å². The van der Waals surface area contributed by atoms with Gasteiger partial charge in [-0.05, 0) is 49.7 Å². The van der Waals surface area contributed by atoms with Crippen molar-refractivity contribution in [2.75, 3.05) is 13.1 Å². The first-order valence-electron chi connectivity index (χ1n) is 9.75. The zero-order chi connectivity index (χ0) is 21.5. The van der Waals surface area contributed by atoms with Gasteiger partial charge in [0.25, 0.3) is 5.56 Å². The predicted octanol–water partition coefficient (Wildman–Crippen LogP) is 2.81. The highest BCUT2D eigenvalue weighted by Gasteiger charge is 2.33. The van der Waals surface area contributed by atoms with Crippen LogP contribution < -0.4 is 10.9 Å². The van der Waals surface area contributed by atoms with Crippen molar-refractivity contribution < 1.29 is 8.42 Å². The summed E-state index contributed by atoms with van der Waals surface area (Å²) >= 11 is 3.33. The molecule has 1 aliphatic rings. The molecular formula is C21H23BrN4O3S. The van der Waals surface area contributed by atoms with Gasteiger partial charge in [0.05, 0.1) is 21.8 Å². The highest BCUT2D eigenvalue weighted by atomic mass is 79.9. The van der Waals surface area contributed by atoms with Crippen LogP contribution in [0, 0.1) is 0 Å². The summed E-state index contributed by atoms with van der Waals surface area (Å²) in [6.45, 7) is 2.78. The van der Waals surface area contributed by atoms with Crippen LogP contribution in [0.2, 0.25) is 0 Å². The minimum atomic E-state index is -3.53. The van der Waals surface area contributed by atoms with E-state index in [4.69, 9.17) is 0 Å². The Kier molecular flexibility index (Phi) is 5.80. The average Bonchev–Trinajstić information content (AvgIpc) is 3.20. The molecule has 0 bridgehead atoms. The van der Waals surface area contributed by atoms with Crippen molar-refractivity contribution in [2.45, 2.75) is 30.3 Å². The van der Waals surface area contributed by atoms with Gasteiger partial charge in [-0.3, -0.25) is 9.36 Å². The summed E-state index contributed by atoms with van der Waals surface area (Å²) in [7, 11) is -1.81. The molecule has 2 heterocycles. The second-order valence-electron chi connectivity index (χ2n) is 7.54. The lowest BCUT2D eigenvalue weighted by molar-refractivity contribution is 0.422. The van der Waals surface area contributed by atoms with E-state index in [1.54, 1.807) is 41.9 Å². The van der Waals surface area contributed by atoms with Crippen LogP contribution in [0.4, 0.5) is 0 Å². The smallest absolute Gasteiger partial charge is 0.261 e. The summed E-state index contributed by atoms with van der Waals surface area (Å²) in [6.07, 6.45) is 0.696. The number of para-hydroxylation sites is 1. The Bertz CT molecular complexity index is 1240. The molecule has 1 saturated heterocycles. The molecule has 2 aromatic carbocycles. The van der Waals surface area contributed by atoms with E-state index >= 15 is 0 Å². The molecule has 7 nitrogen and oxygen atoms in total. The van der Waals surface area contributed by atoms with E-state index in [0.717, 1.165) is 4.47 Å². The first kappa shape index (κ1) is 21.2. The maximum Gasteiger partial charge on any atom is 0.261 e. The monoisotopic (exact) mass is 490 g/mol. The fourth-order valence-corrected chi connectivity index (χ4v) is 5.65. The van der Waals surface area contributed by atoms with E-state index in [1.807, 2.05) is 25.1 Å². The summed E-state index contributed by atoms with van der Waals surface area (Å²) in [4.78, 5) is 17.6. The molecule has 2 atom stereocenters. The van der Waals surface area contributed by atoms with Crippen molar-refractivity contribution in [3.8, 4) is 0 Å². The third kappa shape index (κ3) is 3.94. The van der Waals surface area contributed by atoms with Crippen molar-refractivity contribution in [1.29, 1.82) is 0 Å². The summed E-state index contributed by atoms with van der Waals surface area (Å²) in [5, 5.41) is 4.04. The highest BCUT2D eigenvalue weighted by molar-refractivity contribution is 9.10. The van der Waals surface area contributed by atoms with Crippen molar-refractivity contribution in [1.82, 2.24) is 19.2 Å². The molecule has 3 aromatic rings. The van der Waals surface area contributed by atoms with Gasteiger partial charge in [-0.15, -0.1) is 0 Å². The number of benzene rings is 2. The fraction of sp³-hybridized carbons (Fsp3) is 0.333. The van der Waals surface area contributed by atoms with Crippen LogP contribution in [0.25, 0.3) is 10.9 Å². The fourth-order valence-electron chi connectivity index (χ4n) is 3.89. The van der Waals surface area contributed by atoms with Gasteiger partial charge in [0, 0.05) is 30.7 Å². The SMILES string of the molecule is CC(NC1CCN(S(=O)(=O)c2ccc(Br)cc2)C1)c1nc2ccccc2c(=O)n1C. The lowest BCUT2D eigenvalue weighted by atomic mass is 10.2. The number of rotatable bonds is 5. The summed E-state index contributed by atoms with van der Waals surface area (Å²) in [6, 6.07) is 13.7. The van der Waals surface area contributed by atoms with Gasteiger partial charge < -0.3 is 5.32 Å². The largest absolute Gasteiger partial charge is 0.303 e. The molecule has 2 unspecified atom stereocenters. The number of nitrogens with one attached hydrogen (secondary N) is 1. The van der Waals surface area contributed by atoms with Gasteiger partial charge >= 0.3 is 0 Å². The van der Waals surface area contributed by atoms with Gasteiger partial charge in [-0.25, -0.2) is 13.4 Å². The molecule has 158 valence electrons. The number of halogens is 1. The lowest BCUT2D eigenvalue weighted by Crippen LogP contribution is -2.38. The predicted molar refractivity (Wildman–Crippen MR) is 120 cm³/mol. The van der Waals surface area contributed by atoms with Crippen molar-refractivity contribution >= 4 is 36.9 Å². The normalized spacial score (nSPS) is 18.7. The molecule has 1 fully saturated rings. The Morgan fingerprint density at radius 2 is 1.87 bits per heavy atom. The summed E-state index contributed by atoms with van der Waals surface area (Å²) in [5.74, 6) is 0.632. The molecule has 9 heteroatoms. The van der Waals surface area contributed by atoms with E-state index in [9.17, 15) is 13.2 Å². The van der Waals surface area contributed by atoms with Crippen molar-refractivity contribution in [2.24, 2.45) is 7.05 Å². The highest BCUT2D eigenvalue weighted by Crippen LogP contribution is 2.24. The molecule has 1 aromatic heterocycles. The topological polar surface area (TPSA) is 84.3 Å². The Morgan fingerprint density at radius 1 is 1.17 bits per heavy atom. The maximum atomic E-state index is 12.9. The first-order valence-corrected chi connectivity index (χ1v) is 12.0. The van der Waals surface area contributed by atoms with E-state index in [0.29, 0.717) is 36.2 Å². The first-order chi connectivity index (χ1) is 14.3. The van der Waals surface area contributed by atoms with E-state index < -0.39 is 10.0 Å². The Morgan fingerprint density at radius 3 is 2.60 bits per heavy atom. The van der Waals surface area contributed by atoms with Gasteiger partial charge in [0.1, 0.15) is 5.82 Å². The van der Waals surface area contributed by atoms with Gasteiger partial charge in [-0.1, -0.05) is 28.1 Å². The molecule has 4 rings (SSSR count). The molecule has 0 aliphatic carbocycles. The molecule has 0 amide bonds. The number of hydrogen-bond donors (Lipinski definition) is 1. The zero-order valence-corrected chi connectivity index (χ0v) is 19.1. The van der Waals surface area contributed by atoms with Crippen LogP contribution in [0.3, 0.4) is 0 Å². The molecule has 0 saturated carbocycles. The zero-order valence-electron chi connectivity index (χ0n) is 16.7. The van der Waals surface area contributed by atoms with Crippen LogP contribution in [0.1, 0.15) is 25.2 Å². The number of sulfonamides is 1. The Balaban J connectivity index is 1.51. The van der Waals surface area contributed by atoms with Crippen molar-refractivity contribution in [3.05, 3.63) is 69.2 Å². The minimum Gasteiger partial charge on any atom is -0.303 e. The molecule has 0 radical (unpaired) electrons. The Hall–Kier alpha value is -2.07. The number of nitrogens with zero attached hydrogens (tertiary/aromatic N) is 3. The van der Waals surface area contributed by atoms with Crippen LogP contribution in [0.15, 0.2) is 62.7 Å². The third-order valence-corrected chi connectivity index (χ3v) is 7.90. The van der Waals surface area contributed by atoms with Crippen LogP contribution in [-0.2, 0) is 17.1 Å². The molecule has 30 heavy (non-hydrogen) atoms. The van der Waals surface area contributed by atoms with Gasteiger partial charge in [-0.2, -0.15) is 4.31 Å². The minimum absolute atomic E-state index is 0.0198. The number of aromatic nitrogens is 2. The van der Waals surface area contributed by atoms with E-state index in [1.165, 1.54) is 4.31 Å².